The third-order valence-electron chi connectivity index (χ3n) is 2.44. The first kappa shape index (κ1) is 16.4. The number of anilines is 1. The molecule has 0 bridgehead atoms. The van der Waals surface area contributed by atoms with Crippen molar-refractivity contribution in [3.63, 3.8) is 0 Å². The molecule has 0 spiro atoms. The molecule has 0 aliphatic rings. The van der Waals surface area contributed by atoms with Crippen LogP contribution in [0.4, 0.5) is 5.69 Å². The molecule has 19 heavy (non-hydrogen) atoms. The first-order valence-electron chi connectivity index (χ1n) is 6.47. The van der Waals surface area contributed by atoms with Crippen LogP contribution < -0.4 is 5.32 Å². The number of hydrogen-bond acceptors (Lipinski definition) is 4. The van der Waals surface area contributed by atoms with Gasteiger partial charge in [0.25, 0.3) is 0 Å². The second-order valence-electron chi connectivity index (χ2n) is 3.98. The summed E-state index contributed by atoms with van der Waals surface area (Å²) in [6, 6.07) is 8.05. The van der Waals surface area contributed by atoms with Crippen LogP contribution in [0.15, 0.2) is 28.7 Å². The Morgan fingerprint density at radius 1 is 1.00 bits per heavy atom. The number of hydrogen-bond donors (Lipinski definition) is 1. The summed E-state index contributed by atoms with van der Waals surface area (Å²) in [4.78, 5) is 0. The van der Waals surface area contributed by atoms with Gasteiger partial charge in [0.05, 0.1) is 19.8 Å². The summed E-state index contributed by atoms with van der Waals surface area (Å²) < 4.78 is 16.8. The average molecular weight is 332 g/mol. The van der Waals surface area contributed by atoms with E-state index in [0.29, 0.717) is 19.8 Å². The summed E-state index contributed by atoms with van der Waals surface area (Å²) in [5.41, 5.74) is 1.09. The van der Waals surface area contributed by atoms with Crippen molar-refractivity contribution in [2.24, 2.45) is 0 Å². The Balaban J connectivity index is 1.90. The minimum Gasteiger partial charge on any atom is -0.382 e. The molecule has 108 valence electrons. The molecule has 0 saturated carbocycles. The van der Waals surface area contributed by atoms with Crippen LogP contribution in [-0.2, 0) is 14.2 Å². The molecule has 1 rings (SSSR count). The summed E-state index contributed by atoms with van der Waals surface area (Å²) in [5.74, 6) is 0. The maximum atomic E-state index is 5.51. The topological polar surface area (TPSA) is 39.7 Å². The van der Waals surface area contributed by atoms with Gasteiger partial charge in [-0.05, 0) is 34.5 Å². The van der Waals surface area contributed by atoms with Crippen molar-refractivity contribution >= 4 is 21.6 Å². The molecule has 1 aromatic carbocycles. The van der Waals surface area contributed by atoms with Crippen LogP contribution in [0.2, 0.25) is 0 Å². The molecule has 0 atom stereocenters. The van der Waals surface area contributed by atoms with E-state index in [2.05, 4.69) is 21.2 Å². The van der Waals surface area contributed by atoms with Crippen molar-refractivity contribution in [2.75, 3.05) is 52.0 Å². The van der Waals surface area contributed by atoms with Crippen LogP contribution in [0.1, 0.15) is 6.42 Å². The number of methoxy groups -OCH3 is 1. The third-order valence-corrected chi connectivity index (χ3v) is 3.14. The van der Waals surface area contributed by atoms with E-state index in [-0.39, 0.29) is 0 Å². The minimum absolute atomic E-state index is 0.650. The maximum Gasteiger partial charge on any atom is 0.0700 e. The number of nitrogens with one attached hydrogen (secondary N) is 1. The van der Waals surface area contributed by atoms with E-state index in [1.54, 1.807) is 7.11 Å². The zero-order valence-electron chi connectivity index (χ0n) is 11.4. The van der Waals surface area contributed by atoms with E-state index >= 15 is 0 Å². The predicted octanol–water partition coefficient (Wildman–Crippen LogP) is 2.93. The molecule has 1 aromatic rings. The normalized spacial score (nSPS) is 10.6. The highest BCUT2D eigenvalue weighted by Crippen LogP contribution is 2.20. The summed E-state index contributed by atoms with van der Waals surface area (Å²) in [5, 5.41) is 3.31. The van der Waals surface area contributed by atoms with Crippen molar-refractivity contribution in [1.82, 2.24) is 0 Å². The van der Waals surface area contributed by atoms with Gasteiger partial charge in [-0.15, -0.1) is 0 Å². The highest BCUT2D eigenvalue weighted by Gasteiger charge is 1.96. The molecule has 0 aliphatic carbocycles. The number of para-hydroxylation sites is 1. The van der Waals surface area contributed by atoms with E-state index in [4.69, 9.17) is 14.2 Å². The number of ether oxygens (including phenoxy) is 3. The lowest BCUT2D eigenvalue weighted by molar-refractivity contribution is 0.0529. The van der Waals surface area contributed by atoms with E-state index in [9.17, 15) is 0 Å². The molecule has 0 saturated heterocycles. The monoisotopic (exact) mass is 331 g/mol. The molecule has 0 aliphatic heterocycles. The molecular formula is C14H22BrNO3. The molecule has 5 heteroatoms. The second kappa shape index (κ2) is 11.2. The van der Waals surface area contributed by atoms with Gasteiger partial charge in [-0.1, -0.05) is 12.1 Å². The Morgan fingerprint density at radius 3 is 2.47 bits per heavy atom. The van der Waals surface area contributed by atoms with Crippen LogP contribution in [-0.4, -0.2) is 46.7 Å². The summed E-state index contributed by atoms with van der Waals surface area (Å²) >= 11 is 3.49. The van der Waals surface area contributed by atoms with Crippen LogP contribution in [0, 0.1) is 0 Å². The molecule has 4 nitrogen and oxygen atoms in total. The van der Waals surface area contributed by atoms with Crippen LogP contribution in [0.3, 0.4) is 0 Å². The fourth-order valence-corrected chi connectivity index (χ4v) is 1.90. The fourth-order valence-electron chi connectivity index (χ4n) is 1.47. The molecule has 0 amide bonds. The summed E-state index contributed by atoms with van der Waals surface area (Å²) in [6.45, 7) is 4.25. The minimum atomic E-state index is 0.650. The number of rotatable bonds is 11. The smallest absolute Gasteiger partial charge is 0.0700 e. The zero-order chi connectivity index (χ0) is 13.8. The lowest BCUT2D eigenvalue weighted by atomic mass is 10.3. The van der Waals surface area contributed by atoms with E-state index in [1.807, 2.05) is 24.3 Å². The van der Waals surface area contributed by atoms with Gasteiger partial charge in [-0.25, -0.2) is 0 Å². The summed E-state index contributed by atoms with van der Waals surface area (Å²) in [7, 11) is 1.67. The predicted molar refractivity (Wildman–Crippen MR) is 80.8 cm³/mol. The molecule has 0 aromatic heterocycles. The van der Waals surface area contributed by atoms with Crippen LogP contribution >= 0.6 is 15.9 Å². The van der Waals surface area contributed by atoms with E-state index < -0.39 is 0 Å². The lowest BCUT2D eigenvalue weighted by Crippen LogP contribution is -2.11. The molecule has 1 N–H and O–H groups in total. The summed E-state index contributed by atoms with van der Waals surface area (Å²) in [6.07, 6.45) is 0.915. The second-order valence-corrected chi connectivity index (χ2v) is 4.83. The molecule has 0 heterocycles. The first-order valence-corrected chi connectivity index (χ1v) is 7.26. The fraction of sp³-hybridized carbons (Fsp3) is 0.571. The van der Waals surface area contributed by atoms with E-state index in [0.717, 1.165) is 36.3 Å². The lowest BCUT2D eigenvalue weighted by Gasteiger charge is -2.09. The van der Waals surface area contributed by atoms with Crippen molar-refractivity contribution in [3.05, 3.63) is 28.7 Å². The van der Waals surface area contributed by atoms with Crippen molar-refractivity contribution in [3.8, 4) is 0 Å². The van der Waals surface area contributed by atoms with Gasteiger partial charge in [0.1, 0.15) is 0 Å². The highest BCUT2D eigenvalue weighted by molar-refractivity contribution is 9.10. The van der Waals surface area contributed by atoms with Crippen molar-refractivity contribution in [1.29, 1.82) is 0 Å². The Morgan fingerprint density at radius 2 is 1.74 bits per heavy atom. The Kier molecular flexibility index (Phi) is 9.71. The van der Waals surface area contributed by atoms with Gasteiger partial charge in [-0.3, -0.25) is 0 Å². The van der Waals surface area contributed by atoms with Crippen molar-refractivity contribution < 1.29 is 14.2 Å². The third kappa shape index (κ3) is 8.21. The van der Waals surface area contributed by atoms with Gasteiger partial charge in [-0.2, -0.15) is 0 Å². The van der Waals surface area contributed by atoms with Gasteiger partial charge >= 0.3 is 0 Å². The Labute approximate surface area is 123 Å². The standard InChI is InChI=1S/C14H22BrNO3/c1-17-11-12-19-9-4-8-18-10-7-16-14-6-3-2-5-13(14)15/h2-3,5-6,16H,4,7-12H2,1H3. The largest absolute Gasteiger partial charge is 0.382 e. The van der Waals surface area contributed by atoms with Gasteiger partial charge in [0.2, 0.25) is 0 Å². The zero-order valence-corrected chi connectivity index (χ0v) is 12.9. The molecule has 0 radical (unpaired) electrons. The Bertz CT molecular complexity index is 336. The molecule has 0 unspecified atom stereocenters. The van der Waals surface area contributed by atoms with E-state index in [1.165, 1.54) is 0 Å². The molecular weight excluding hydrogens is 310 g/mol. The number of benzene rings is 1. The van der Waals surface area contributed by atoms with Gasteiger partial charge in [0, 0.05) is 37.0 Å². The number of halogens is 1. The van der Waals surface area contributed by atoms with Gasteiger partial charge < -0.3 is 19.5 Å². The highest BCUT2D eigenvalue weighted by atomic mass is 79.9. The molecule has 0 fully saturated rings. The SMILES string of the molecule is COCCOCCCOCCNc1ccccc1Br. The maximum absolute atomic E-state index is 5.51. The van der Waals surface area contributed by atoms with Crippen molar-refractivity contribution in [2.45, 2.75) is 6.42 Å². The average Bonchev–Trinajstić information content (AvgIpc) is 2.43. The Hall–Kier alpha value is -0.620. The van der Waals surface area contributed by atoms with Crippen LogP contribution in [0.25, 0.3) is 0 Å². The first-order chi connectivity index (χ1) is 9.34. The quantitative estimate of drug-likeness (QED) is 0.633. The van der Waals surface area contributed by atoms with Crippen LogP contribution in [0.5, 0.6) is 0 Å². The van der Waals surface area contributed by atoms with Gasteiger partial charge in [0.15, 0.2) is 0 Å².